The molecule has 0 bridgehead atoms. The fraction of sp³-hybridized carbons (Fsp3) is 0.857. The van der Waals surface area contributed by atoms with Crippen LogP contribution in [0.5, 0.6) is 0 Å². The van der Waals surface area contributed by atoms with Crippen molar-refractivity contribution in [3.63, 3.8) is 0 Å². The van der Waals surface area contributed by atoms with E-state index in [4.69, 9.17) is 14.2 Å². The van der Waals surface area contributed by atoms with Crippen LogP contribution in [0.3, 0.4) is 0 Å². The minimum absolute atomic E-state index is 0.353. The number of unbranched alkanes of at least 4 members (excludes halogenated alkanes) is 11. The fourth-order valence-electron chi connectivity index (χ4n) is 2.84. The van der Waals surface area contributed by atoms with Gasteiger partial charge in [0.2, 0.25) is 0 Å². The Kier molecular flexibility index (Phi) is 35.7. The van der Waals surface area contributed by atoms with Crippen molar-refractivity contribution in [3.05, 3.63) is 24.3 Å². The molecule has 0 saturated heterocycles. The topological polar surface area (TPSA) is 27.7 Å². The Morgan fingerprint density at radius 1 is 0.419 bits per heavy atom. The zero-order chi connectivity index (χ0) is 23.1. The molecule has 3 heteroatoms. The Hall–Kier alpha value is -0.640. The summed E-state index contributed by atoms with van der Waals surface area (Å²) in [6.07, 6.45) is 30.1. The zero-order valence-corrected chi connectivity index (χ0v) is 21.7. The lowest BCUT2D eigenvalue weighted by atomic mass is 10.1. The van der Waals surface area contributed by atoms with Gasteiger partial charge in [0, 0.05) is 13.2 Å². The average molecular weight is 441 g/mol. The van der Waals surface area contributed by atoms with Crippen LogP contribution in [0.15, 0.2) is 24.3 Å². The molecular formula is C28H56O3. The summed E-state index contributed by atoms with van der Waals surface area (Å²) in [5, 5.41) is 0. The maximum atomic E-state index is 5.18. The lowest BCUT2D eigenvalue weighted by Crippen LogP contribution is -2.06. The van der Waals surface area contributed by atoms with Crippen LogP contribution < -0.4 is 0 Å². The molecule has 0 N–H and O–H groups in total. The molecule has 0 aromatic carbocycles. The monoisotopic (exact) mass is 440 g/mol. The molecule has 186 valence electrons. The van der Waals surface area contributed by atoms with Crippen LogP contribution in [-0.2, 0) is 14.2 Å². The molecule has 0 unspecified atom stereocenters. The van der Waals surface area contributed by atoms with Crippen molar-refractivity contribution < 1.29 is 14.2 Å². The highest BCUT2D eigenvalue weighted by Crippen LogP contribution is 2.09. The molecule has 0 heterocycles. The van der Waals surface area contributed by atoms with Gasteiger partial charge in [-0.15, -0.1) is 0 Å². The first kappa shape index (κ1) is 32.5. The van der Waals surface area contributed by atoms with E-state index in [-0.39, 0.29) is 0 Å². The fourth-order valence-corrected chi connectivity index (χ4v) is 2.84. The minimum Gasteiger partial charge on any atom is -0.355 e. The van der Waals surface area contributed by atoms with E-state index in [0.29, 0.717) is 13.6 Å². The molecule has 3 nitrogen and oxygen atoms in total. The molecule has 0 aromatic rings. The van der Waals surface area contributed by atoms with E-state index < -0.39 is 0 Å². The van der Waals surface area contributed by atoms with Gasteiger partial charge in [0.05, 0.1) is 0 Å². The number of hydrogen-bond donors (Lipinski definition) is 0. The third-order valence-electron chi connectivity index (χ3n) is 4.90. The second-order valence-corrected chi connectivity index (χ2v) is 8.16. The van der Waals surface area contributed by atoms with Gasteiger partial charge >= 0.3 is 0 Å². The van der Waals surface area contributed by atoms with Crippen molar-refractivity contribution >= 4 is 0 Å². The molecule has 0 radical (unpaired) electrons. The van der Waals surface area contributed by atoms with Crippen LogP contribution in [0.4, 0.5) is 0 Å². The van der Waals surface area contributed by atoms with Crippen LogP contribution in [0.1, 0.15) is 130 Å². The summed E-state index contributed by atoms with van der Waals surface area (Å²) in [7, 11) is 0. The van der Waals surface area contributed by atoms with Crippen molar-refractivity contribution in [1.82, 2.24) is 0 Å². The van der Waals surface area contributed by atoms with Crippen LogP contribution in [-0.4, -0.2) is 26.8 Å². The summed E-state index contributed by atoms with van der Waals surface area (Å²) in [4.78, 5) is 0. The van der Waals surface area contributed by atoms with Gasteiger partial charge in [0.1, 0.15) is 13.6 Å². The molecule has 0 amide bonds. The largest absolute Gasteiger partial charge is 0.355 e. The molecule has 0 aliphatic rings. The van der Waals surface area contributed by atoms with Crippen molar-refractivity contribution in [1.29, 1.82) is 0 Å². The minimum atomic E-state index is 0.353. The van der Waals surface area contributed by atoms with E-state index in [9.17, 15) is 0 Å². The van der Waals surface area contributed by atoms with Crippen LogP contribution >= 0.6 is 0 Å². The number of allylic oxidation sites excluding steroid dienone is 4. The first-order valence-electron chi connectivity index (χ1n) is 13.4. The highest BCUT2D eigenvalue weighted by molar-refractivity contribution is 4.81. The van der Waals surface area contributed by atoms with E-state index in [1.165, 1.54) is 77.0 Å². The zero-order valence-electron chi connectivity index (χ0n) is 21.7. The van der Waals surface area contributed by atoms with E-state index in [2.05, 4.69) is 52.0 Å². The maximum absolute atomic E-state index is 5.18. The van der Waals surface area contributed by atoms with Crippen molar-refractivity contribution in [2.24, 2.45) is 0 Å². The number of rotatable bonds is 23. The van der Waals surface area contributed by atoms with Gasteiger partial charge in [-0.1, -0.05) is 103 Å². The average Bonchev–Trinajstić information content (AvgIpc) is 2.79. The van der Waals surface area contributed by atoms with Crippen molar-refractivity contribution in [2.45, 2.75) is 130 Å². The predicted molar refractivity (Wildman–Crippen MR) is 138 cm³/mol. The third-order valence-corrected chi connectivity index (χ3v) is 4.90. The predicted octanol–water partition coefficient (Wildman–Crippen LogP) is 9.37. The smallest absolute Gasteiger partial charge is 0.149 e. The normalized spacial score (nSPS) is 11.4. The summed E-state index contributed by atoms with van der Waals surface area (Å²) < 4.78 is 15.4. The van der Waals surface area contributed by atoms with Crippen molar-refractivity contribution in [3.8, 4) is 0 Å². The third kappa shape index (κ3) is 37.0. The van der Waals surface area contributed by atoms with Gasteiger partial charge in [-0.05, 0) is 51.4 Å². The van der Waals surface area contributed by atoms with Gasteiger partial charge in [-0.3, -0.25) is 0 Å². The number of hydrogen-bond acceptors (Lipinski definition) is 3. The van der Waals surface area contributed by atoms with Gasteiger partial charge in [0.25, 0.3) is 0 Å². The molecular weight excluding hydrogens is 384 g/mol. The molecule has 0 rings (SSSR count). The second-order valence-electron chi connectivity index (χ2n) is 8.16. The van der Waals surface area contributed by atoms with E-state index >= 15 is 0 Å². The van der Waals surface area contributed by atoms with Crippen LogP contribution in [0.25, 0.3) is 0 Å². The summed E-state index contributed by atoms with van der Waals surface area (Å²) >= 11 is 0. The number of ether oxygens (including phenoxy) is 3. The molecule has 0 aliphatic carbocycles. The first-order chi connectivity index (χ1) is 15.3. The molecule has 0 aromatic heterocycles. The molecule has 0 atom stereocenters. The molecule has 0 saturated carbocycles. The molecule has 0 fully saturated rings. The molecule has 0 aliphatic heterocycles. The molecule has 0 spiro atoms. The van der Waals surface area contributed by atoms with Crippen LogP contribution in [0, 0.1) is 0 Å². The van der Waals surface area contributed by atoms with Gasteiger partial charge in [-0.2, -0.15) is 0 Å². The second kappa shape index (κ2) is 34.0. The van der Waals surface area contributed by atoms with Crippen molar-refractivity contribution in [2.75, 3.05) is 26.8 Å². The van der Waals surface area contributed by atoms with E-state index in [1.54, 1.807) is 0 Å². The highest BCUT2D eigenvalue weighted by Gasteiger charge is 1.90. The summed E-state index contributed by atoms with van der Waals surface area (Å²) in [6.45, 7) is 11.0. The Morgan fingerprint density at radius 2 is 0.839 bits per heavy atom. The van der Waals surface area contributed by atoms with E-state index in [1.807, 2.05) is 0 Å². The van der Waals surface area contributed by atoms with Crippen LogP contribution in [0.2, 0.25) is 0 Å². The SMILES string of the molecule is CC/C=C\CCCCCCCC/C=C\CCCC.CCCCOCOCOCCCC. The summed E-state index contributed by atoms with van der Waals surface area (Å²) in [6, 6.07) is 0. The van der Waals surface area contributed by atoms with E-state index in [0.717, 1.165) is 38.9 Å². The van der Waals surface area contributed by atoms with Gasteiger partial charge in [-0.25, -0.2) is 0 Å². The summed E-state index contributed by atoms with van der Waals surface area (Å²) in [5.41, 5.74) is 0. The highest BCUT2D eigenvalue weighted by atomic mass is 16.7. The first-order valence-corrected chi connectivity index (χ1v) is 13.4. The molecule has 31 heavy (non-hydrogen) atoms. The lowest BCUT2D eigenvalue weighted by Gasteiger charge is -2.05. The maximum Gasteiger partial charge on any atom is 0.149 e. The van der Waals surface area contributed by atoms with Gasteiger partial charge in [0.15, 0.2) is 0 Å². The summed E-state index contributed by atoms with van der Waals surface area (Å²) in [5.74, 6) is 0. The Morgan fingerprint density at radius 3 is 1.29 bits per heavy atom. The standard InChI is InChI=1S/C18H34.C10H22O3/c1-3-5-7-9-11-13-15-17-18-16-14-12-10-8-6-4-2;1-3-5-7-11-9-13-10-12-8-6-4-2/h5,7,10,12H,3-4,6,8-9,11,13-18H2,1-2H3;3-10H2,1-2H3/b7-5-,12-10-;. The quantitative estimate of drug-likeness (QED) is 0.0899. The lowest BCUT2D eigenvalue weighted by molar-refractivity contribution is -0.131. The Balaban J connectivity index is 0. The Labute approximate surface area is 196 Å². The Bertz CT molecular complexity index is 329. The van der Waals surface area contributed by atoms with Gasteiger partial charge < -0.3 is 14.2 Å².